The summed E-state index contributed by atoms with van der Waals surface area (Å²) in [6.07, 6.45) is 2.13. The Morgan fingerprint density at radius 3 is 2.71 bits per heavy atom. The molecule has 0 aromatic heterocycles. The Bertz CT molecular complexity index is 478. The summed E-state index contributed by atoms with van der Waals surface area (Å²) in [5, 5.41) is 11.6. The van der Waals surface area contributed by atoms with Gasteiger partial charge in [-0.3, -0.25) is 4.79 Å². The van der Waals surface area contributed by atoms with Crippen LogP contribution >= 0.6 is 11.8 Å². The van der Waals surface area contributed by atoms with Crippen molar-refractivity contribution < 1.29 is 19.4 Å². The number of ether oxygens (including phenoxy) is 1. The van der Waals surface area contributed by atoms with E-state index in [0.717, 1.165) is 17.7 Å². The van der Waals surface area contributed by atoms with Gasteiger partial charge in [-0.1, -0.05) is 31.9 Å². The van der Waals surface area contributed by atoms with E-state index >= 15 is 0 Å². The highest BCUT2D eigenvalue weighted by Gasteiger charge is 2.19. The van der Waals surface area contributed by atoms with Gasteiger partial charge >= 0.3 is 5.97 Å². The fourth-order valence-corrected chi connectivity index (χ4v) is 2.62. The predicted octanol–water partition coefficient (Wildman–Crippen LogP) is 2.55. The summed E-state index contributed by atoms with van der Waals surface area (Å²) in [5.74, 6) is -0.402. The highest BCUT2D eigenvalue weighted by atomic mass is 32.2. The third-order valence-corrected chi connectivity index (χ3v) is 3.96. The van der Waals surface area contributed by atoms with Gasteiger partial charge in [-0.2, -0.15) is 0 Å². The highest BCUT2D eigenvalue weighted by molar-refractivity contribution is 8.00. The predicted molar refractivity (Wildman–Crippen MR) is 82.8 cm³/mol. The molecule has 1 atom stereocenters. The number of hydrogen-bond donors (Lipinski definition) is 2. The van der Waals surface area contributed by atoms with Crippen molar-refractivity contribution in [2.24, 2.45) is 0 Å². The molecule has 0 saturated carbocycles. The molecule has 0 heterocycles. The number of rotatable bonds is 9. The Balaban J connectivity index is 2.50. The van der Waals surface area contributed by atoms with E-state index in [4.69, 9.17) is 9.84 Å². The molecule has 0 radical (unpaired) electrons. The van der Waals surface area contributed by atoms with Crippen LogP contribution in [0.4, 0.5) is 0 Å². The topological polar surface area (TPSA) is 75.6 Å². The Morgan fingerprint density at radius 2 is 2.10 bits per heavy atom. The second kappa shape index (κ2) is 9.28. The maximum absolute atomic E-state index is 11.9. The number of para-hydroxylation sites is 1. The van der Waals surface area contributed by atoms with Gasteiger partial charge < -0.3 is 15.2 Å². The normalized spacial score (nSPS) is 11.7. The number of carboxylic acids is 1. The maximum Gasteiger partial charge on any atom is 0.326 e. The van der Waals surface area contributed by atoms with Crippen molar-refractivity contribution in [1.29, 1.82) is 0 Å². The number of hydrogen-bond acceptors (Lipinski definition) is 4. The first-order valence-electron chi connectivity index (χ1n) is 6.86. The van der Waals surface area contributed by atoms with Gasteiger partial charge in [0.15, 0.2) is 0 Å². The molecule has 1 aromatic rings. The van der Waals surface area contributed by atoms with Crippen molar-refractivity contribution in [3.05, 3.63) is 24.3 Å². The SMILES string of the molecule is CCCCC(NC(=O)CSc1ccccc1OC)C(=O)O. The maximum atomic E-state index is 11.9. The number of aliphatic carboxylic acids is 1. The molecule has 2 N–H and O–H groups in total. The summed E-state index contributed by atoms with van der Waals surface area (Å²) in [5.41, 5.74) is 0. The Hall–Kier alpha value is -1.69. The van der Waals surface area contributed by atoms with Crippen LogP contribution in [0.25, 0.3) is 0 Å². The highest BCUT2D eigenvalue weighted by Crippen LogP contribution is 2.28. The molecule has 0 bridgehead atoms. The minimum absolute atomic E-state index is 0.163. The molecule has 5 nitrogen and oxygen atoms in total. The van der Waals surface area contributed by atoms with Crippen molar-refractivity contribution >= 4 is 23.6 Å². The van der Waals surface area contributed by atoms with Gasteiger partial charge in [-0.15, -0.1) is 11.8 Å². The van der Waals surface area contributed by atoms with Crippen LogP contribution in [0.3, 0.4) is 0 Å². The molecule has 0 fully saturated rings. The van der Waals surface area contributed by atoms with Crippen LogP contribution in [0.5, 0.6) is 5.75 Å². The fraction of sp³-hybridized carbons (Fsp3) is 0.467. The fourth-order valence-electron chi connectivity index (χ4n) is 1.78. The first-order chi connectivity index (χ1) is 10.1. The van der Waals surface area contributed by atoms with Gasteiger partial charge in [-0.05, 0) is 18.6 Å². The average molecular weight is 311 g/mol. The lowest BCUT2D eigenvalue weighted by molar-refractivity contribution is -0.141. The molecule has 21 heavy (non-hydrogen) atoms. The third-order valence-electron chi connectivity index (χ3n) is 2.91. The van der Waals surface area contributed by atoms with E-state index in [2.05, 4.69) is 5.32 Å². The van der Waals surface area contributed by atoms with Gasteiger partial charge in [-0.25, -0.2) is 4.79 Å². The van der Waals surface area contributed by atoms with Crippen LogP contribution in [-0.4, -0.2) is 35.9 Å². The molecule has 1 unspecified atom stereocenters. The van der Waals surface area contributed by atoms with Crippen molar-refractivity contribution in [3.63, 3.8) is 0 Å². The van der Waals surface area contributed by atoms with Gasteiger partial charge in [0.1, 0.15) is 11.8 Å². The molecular weight excluding hydrogens is 290 g/mol. The van der Waals surface area contributed by atoms with Crippen LogP contribution in [0.2, 0.25) is 0 Å². The minimum Gasteiger partial charge on any atom is -0.496 e. The molecule has 116 valence electrons. The lowest BCUT2D eigenvalue weighted by Gasteiger charge is -2.14. The van der Waals surface area contributed by atoms with Crippen molar-refractivity contribution in [1.82, 2.24) is 5.32 Å². The number of carbonyl (C=O) groups is 2. The summed E-state index contributed by atoms with van der Waals surface area (Å²) in [6.45, 7) is 1.98. The minimum atomic E-state index is -0.987. The lowest BCUT2D eigenvalue weighted by atomic mass is 10.1. The molecule has 0 saturated heterocycles. The lowest BCUT2D eigenvalue weighted by Crippen LogP contribution is -2.41. The number of thioether (sulfide) groups is 1. The van der Waals surface area contributed by atoms with Crippen molar-refractivity contribution in [2.45, 2.75) is 37.1 Å². The number of benzene rings is 1. The molecule has 0 spiro atoms. The van der Waals surface area contributed by atoms with Crippen LogP contribution < -0.4 is 10.1 Å². The molecule has 6 heteroatoms. The van der Waals surface area contributed by atoms with E-state index < -0.39 is 12.0 Å². The molecule has 1 aromatic carbocycles. The van der Waals surface area contributed by atoms with E-state index in [0.29, 0.717) is 12.2 Å². The van der Waals surface area contributed by atoms with Gasteiger partial charge in [0.2, 0.25) is 5.91 Å². The van der Waals surface area contributed by atoms with E-state index in [-0.39, 0.29) is 11.7 Å². The number of methoxy groups -OCH3 is 1. The zero-order valence-corrected chi connectivity index (χ0v) is 13.1. The number of carboxylic acid groups (broad SMARTS) is 1. The summed E-state index contributed by atoms with van der Waals surface area (Å²) < 4.78 is 5.20. The van der Waals surface area contributed by atoms with Crippen LogP contribution in [0, 0.1) is 0 Å². The average Bonchev–Trinajstić information content (AvgIpc) is 2.49. The summed E-state index contributed by atoms with van der Waals surface area (Å²) in [6, 6.07) is 6.60. The summed E-state index contributed by atoms with van der Waals surface area (Å²) in [4.78, 5) is 23.8. The number of carbonyl (C=O) groups excluding carboxylic acids is 1. The molecule has 1 amide bonds. The number of amides is 1. The smallest absolute Gasteiger partial charge is 0.326 e. The van der Waals surface area contributed by atoms with E-state index in [1.165, 1.54) is 11.8 Å². The molecule has 0 aliphatic rings. The summed E-state index contributed by atoms with van der Waals surface area (Å²) >= 11 is 1.33. The Morgan fingerprint density at radius 1 is 1.38 bits per heavy atom. The molecular formula is C15H21NO4S. The van der Waals surface area contributed by atoms with E-state index in [1.807, 2.05) is 31.2 Å². The zero-order chi connectivity index (χ0) is 15.7. The van der Waals surface area contributed by atoms with E-state index in [9.17, 15) is 9.59 Å². The molecule has 1 rings (SSSR count). The third kappa shape index (κ3) is 6.08. The second-order valence-corrected chi connectivity index (χ2v) is 5.56. The zero-order valence-electron chi connectivity index (χ0n) is 12.3. The van der Waals surface area contributed by atoms with Crippen molar-refractivity contribution in [2.75, 3.05) is 12.9 Å². The first-order valence-corrected chi connectivity index (χ1v) is 7.85. The van der Waals surface area contributed by atoms with E-state index in [1.54, 1.807) is 7.11 Å². The standard InChI is InChI=1S/C15H21NO4S/c1-3-4-7-11(15(18)19)16-14(17)10-21-13-9-6-5-8-12(13)20-2/h5-6,8-9,11H,3-4,7,10H2,1-2H3,(H,16,17)(H,18,19). The van der Waals surface area contributed by atoms with Crippen LogP contribution in [-0.2, 0) is 9.59 Å². The van der Waals surface area contributed by atoms with Crippen molar-refractivity contribution in [3.8, 4) is 5.75 Å². The Labute approximate surface area is 129 Å². The van der Waals surface area contributed by atoms with Gasteiger partial charge in [0.05, 0.1) is 12.9 Å². The van der Waals surface area contributed by atoms with Crippen LogP contribution in [0.15, 0.2) is 29.2 Å². The molecule has 0 aliphatic carbocycles. The summed E-state index contributed by atoms with van der Waals surface area (Å²) in [7, 11) is 1.57. The Kier molecular flexibility index (Phi) is 7.68. The van der Waals surface area contributed by atoms with Gasteiger partial charge in [0, 0.05) is 4.90 Å². The quantitative estimate of drug-likeness (QED) is 0.685. The molecule has 0 aliphatic heterocycles. The van der Waals surface area contributed by atoms with Crippen LogP contribution in [0.1, 0.15) is 26.2 Å². The second-order valence-electron chi connectivity index (χ2n) is 4.54. The number of nitrogens with one attached hydrogen (secondary N) is 1. The largest absolute Gasteiger partial charge is 0.496 e. The number of unbranched alkanes of at least 4 members (excludes halogenated alkanes) is 1. The van der Waals surface area contributed by atoms with Gasteiger partial charge in [0.25, 0.3) is 0 Å². The monoisotopic (exact) mass is 311 g/mol. The first kappa shape index (κ1) is 17.4.